The molecular weight excluding hydrogens is 530 g/mol. The van der Waals surface area contributed by atoms with E-state index in [2.05, 4.69) is 21.3 Å². The molecule has 1 rings (SSSR count). The minimum atomic E-state index is -1.29. The van der Waals surface area contributed by atoms with Crippen molar-refractivity contribution in [2.45, 2.75) is 59.0 Å². The van der Waals surface area contributed by atoms with Crippen LogP contribution >= 0.6 is 0 Å². The van der Waals surface area contributed by atoms with E-state index in [0.717, 1.165) is 0 Å². The number of anilines is 1. The van der Waals surface area contributed by atoms with Gasteiger partial charge in [-0.15, -0.1) is 0 Å². The Hall–Kier alpha value is -4.60. The molecule has 1 aromatic carbocycles. The highest BCUT2D eigenvalue weighted by Gasteiger charge is 2.26. The van der Waals surface area contributed by atoms with Gasteiger partial charge < -0.3 is 37.8 Å². The van der Waals surface area contributed by atoms with Gasteiger partial charge in [-0.25, -0.2) is 0 Å². The van der Waals surface area contributed by atoms with Crippen LogP contribution in [0.2, 0.25) is 0 Å². The molecule has 16 nitrogen and oxygen atoms in total. The van der Waals surface area contributed by atoms with Crippen LogP contribution in [-0.4, -0.2) is 78.1 Å². The summed E-state index contributed by atoms with van der Waals surface area (Å²) in [5.41, 5.74) is 11.5. The van der Waals surface area contributed by atoms with Crippen molar-refractivity contribution >= 4 is 47.3 Å². The van der Waals surface area contributed by atoms with E-state index in [0.29, 0.717) is 29.6 Å². The number of nitro benzene ring substituents is 1. The molecule has 0 saturated carbocycles. The normalized spacial score (nSPS) is 11.1. The minimum absolute atomic E-state index is 0.0101. The number of carboxylic acid groups (broad SMARTS) is 1. The molecule has 1 aromatic rings. The van der Waals surface area contributed by atoms with Crippen molar-refractivity contribution in [1.82, 2.24) is 16.0 Å². The first-order valence-corrected chi connectivity index (χ1v) is 12.3. The maximum atomic E-state index is 12.0. The van der Waals surface area contributed by atoms with Gasteiger partial charge in [-0.1, -0.05) is 13.8 Å². The molecule has 224 valence electrons. The lowest BCUT2D eigenvalue weighted by molar-refractivity contribution is -0.384. The van der Waals surface area contributed by atoms with Gasteiger partial charge in [-0.3, -0.25) is 38.9 Å². The van der Waals surface area contributed by atoms with Crippen molar-refractivity contribution in [2.24, 2.45) is 11.5 Å². The molecule has 0 aliphatic rings. The molecule has 0 radical (unpaired) electrons. The predicted octanol–water partition coefficient (Wildman–Crippen LogP) is -0.425. The quantitative estimate of drug-likeness (QED) is 0.0809. The molecule has 0 bridgehead atoms. The van der Waals surface area contributed by atoms with E-state index in [4.69, 9.17) is 16.6 Å². The van der Waals surface area contributed by atoms with Crippen LogP contribution in [0.3, 0.4) is 0 Å². The van der Waals surface area contributed by atoms with Gasteiger partial charge in [0, 0.05) is 36.3 Å². The van der Waals surface area contributed by atoms with Crippen molar-refractivity contribution < 1.29 is 38.8 Å². The molecule has 2 atom stereocenters. The average molecular weight is 570 g/mol. The maximum Gasteiger partial charge on any atom is 0.303 e. The first kappa shape index (κ1) is 37.6. The van der Waals surface area contributed by atoms with E-state index in [-0.39, 0.29) is 18.5 Å². The van der Waals surface area contributed by atoms with Gasteiger partial charge >= 0.3 is 5.97 Å². The number of hydrogen-bond acceptors (Lipinski definition) is 10. The number of primary amides is 2. The van der Waals surface area contributed by atoms with Gasteiger partial charge in [0.1, 0.15) is 6.04 Å². The van der Waals surface area contributed by atoms with Crippen LogP contribution in [0, 0.1) is 17.0 Å². The number of non-ortho nitro benzene ring substituents is 1. The summed E-state index contributed by atoms with van der Waals surface area (Å²) in [6, 6.07) is 0.564. The van der Waals surface area contributed by atoms with Crippen LogP contribution in [0.15, 0.2) is 12.1 Å². The monoisotopic (exact) mass is 569 g/mol. The standard InChI is InChI=1S/C12H21N5O6.C10H12N2O3.C2H6/c1-15-6(2-3-10(20)21)12(23)17-7(4-8(13)18)11(22)16-5-9(14)19;1-3-11-10-7(2)4-9(12(14)15)5-8(10)6-13;1-2/h6-7,15H,2-5H2,1H3,(H2,13,18)(H2,14,19)(H,16,22)(H,17,23)(H,20,21);4-6,11H,3H2,1-2H3;1-2H3. The number of aldehydes is 1. The highest BCUT2D eigenvalue weighted by molar-refractivity contribution is 5.94. The summed E-state index contributed by atoms with van der Waals surface area (Å²) in [4.78, 5) is 76.9. The number of amides is 4. The van der Waals surface area contributed by atoms with Crippen LogP contribution in [0.25, 0.3) is 0 Å². The van der Waals surface area contributed by atoms with Crippen LogP contribution in [0.5, 0.6) is 0 Å². The van der Waals surface area contributed by atoms with E-state index < -0.39 is 59.6 Å². The average Bonchev–Trinajstić information content (AvgIpc) is 2.89. The zero-order chi connectivity index (χ0) is 31.4. The van der Waals surface area contributed by atoms with Gasteiger partial charge in [-0.05, 0) is 32.9 Å². The van der Waals surface area contributed by atoms with E-state index in [1.807, 2.05) is 20.8 Å². The summed E-state index contributed by atoms with van der Waals surface area (Å²) < 4.78 is 0. The summed E-state index contributed by atoms with van der Waals surface area (Å²) in [6.07, 6.45) is -0.124. The lowest BCUT2D eigenvalue weighted by atomic mass is 10.1. The second-order valence-corrected chi connectivity index (χ2v) is 7.82. The van der Waals surface area contributed by atoms with E-state index in [1.54, 1.807) is 6.92 Å². The third-order valence-corrected chi connectivity index (χ3v) is 4.83. The molecule has 4 amide bonds. The van der Waals surface area contributed by atoms with Crippen LogP contribution in [0.1, 0.15) is 56.0 Å². The number of rotatable bonds is 15. The Morgan fingerprint density at radius 2 is 1.68 bits per heavy atom. The lowest BCUT2D eigenvalue weighted by Crippen LogP contribution is -2.54. The molecule has 0 aliphatic carbocycles. The van der Waals surface area contributed by atoms with Gasteiger partial charge in [-0.2, -0.15) is 0 Å². The molecule has 0 aromatic heterocycles. The summed E-state index contributed by atoms with van der Waals surface area (Å²) in [6.45, 7) is 7.84. The number of hydrogen-bond donors (Lipinski definition) is 7. The van der Waals surface area contributed by atoms with Crippen molar-refractivity contribution in [3.63, 3.8) is 0 Å². The summed E-state index contributed by atoms with van der Waals surface area (Å²) in [5.74, 6) is -4.18. The fourth-order valence-corrected chi connectivity index (χ4v) is 3.07. The molecule has 0 fully saturated rings. The van der Waals surface area contributed by atoms with Crippen molar-refractivity contribution in [3.05, 3.63) is 33.4 Å². The lowest BCUT2D eigenvalue weighted by Gasteiger charge is -2.21. The first-order chi connectivity index (χ1) is 18.8. The largest absolute Gasteiger partial charge is 0.481 e. The number of aliphatic carboxylic acids is 1. The first-order valence-electron chi connectivity index (χ1n) is 12.3. The minimum Gasteiger partial charge on any atom is -0.481 e. The maximum absolute atomic E-state index is 12.0. The smallest absolute Gasteiger partial charge is 0.303 e. The Kier molecular flexibility index (Phi) is 19.1. The number of nitrogens with two attached hydrogens (primary N) is 2. The second kappa shape index (κ2) is 20.4. The SMILES string of the molecule is CC.CCNc1c(C)cc([N+](=O)[O-])cc1C=O.CNC(CCC(=O)O)C(=O)NC(CC(N)=O)C(=O)NCC(N)=O. The van der Waals surface area contributed by atoms with E-state index in [1.165, 1.54) is 19.2 Å². The Bertz CT molecular complexity index is 1050. The number of nitrogens with one attached hydrogen (secondary N) is 4. The topological polar surface area (TPSA) is 266 Å². The molecule has 0 heterocycles. The number of nitrogens with zero attached hydrogens (tertiary/aromatic N) is 1. The number of benzene rings is 1. The molecule has 0 aliphatic heterocycles. The zero-order valence-electron chi connectivity index (χ0n) is 23.2. The summed E-state index contributed by atoms with van der Waals surface area (Å²) >= 11 is 0. The summed E-state index contributed by atoms with van der Waals surface area (Å²) in [7, 11) is 1.45. The number of nitro groups is 1. The predicted molar refractivity (Wildman–Crippen MR) is 146 cm³/mol. The highest BCUT2D eigenvalue weighted by atomic mass is 16.6. The molecule has 0 spiro atoms. The van der Waals surface area contributed by atoms with Crippen molar-refractivity contribution in [3.8, 4) is 0 Å². The molecule has 16 heteroatoms. The Morgan fingerprint density at radius 1 is 1.07 bits per heavy atom. The fourth-order valence-electron chi connectivity index (χ4n) is 3.07. The van der Waals surface area contributed by atoms with E-state index >= 15 is 0 Å². The zero-order valence-corrected chi connectivity index (χ0v) is 23.2. The third-order valence-electron chi connectivity index (χ3n) is 4.83. The van der Waals surface area contributed by atoms with Crippen molar-refractivity contribution in [2.75, 3.05) is 25.5 Å². The third kappa shape index (κ3) is 15.0. The number of likely N-dealkylation sites (N-methyl/N-ethyl adjacent to an activating group) is 1. The fraction of sp³-hybridized carbons (Fsp3) is 0.500. The van der Waals surface area contributed by atoms with Gasteiger partial charge in [0.25, 0.3) is 5.69 Å². The van der Waals surface area contributed by atoms with Crippen molar-refractivity contribution in [1.29, 1.82) is 0 Å². The Balaban J connectivity index is 0. The van der Waals surface area contributed by atoms with Gasteiger partial charge in [0.15, 0.2) is 6.29 Å². The molecule has 40 heavy (non-hydrogen) atoms. The summed E-state index contributed by atoms with van der Waals surface area (Å²) in [5, 5.41) is 29.2. The number of carbonyl (C=O) groups excluding carboxylic acids is 5. The number of carbonyl (C=O) groups is 6. The number of aryl methyl sites for hydroxylation is 1. The van der Waals surface area contributed by atoms with E-state index in [9.17, 15) is 38.9 Å². The molecular formula is C24H39N7O9. The van der Waals surface area contributed by atoms with Crippen LogP contribution in [-0.2, 0) is 24.0 Å². The number of carboxylic acids is 1. The van der Waals surface area contributed by atoms with Gasteiger partial charge in [0.05, 0.1) is 23.9 Å². The molecule has 0 saturated heterocycles. The van der Waals surface area contributed by atoms with Crippen LogP contribution < -0.4 is 32.7 Å². The Labute approximate surface area is 231 Å². The van der Waals surface area contributed by atoms with Gasteiger partial charge in [0.2, 0.25) is 23.6 Å². The van der Waals surface area contributed by atoms with Crippen LogP contribution in [0.4, 0.5) is 11.4 Å². The highest BCUT2D eigenvalue weighted by Crippen LogP contribution is 2.25. The Morgan fingerprint density at radius 3 is 2.10 bits per heavy atom. The molecule has 2 unspecified atom stereocenters. The molecule has 9 N–H and O–H groups in total. The second-order valence-electron chi connectivity index (χ2n) is 7.82.